The van der Waals surface area contributed by atoms with Gasteiger partial charge < -0.3 is 5.11 Å². The summed E-state index contributed by atoms with van der Waals surface area (Å²) in [5, 5.41) is 8.51. The molecule has 2 nitrogen and oxygen atoms in total. The van der Waals surface area contributed by atoms with Crippen LogP contribution in [0.1, 0.15) is 24.0 Å². The first-order valence-electron chi connectivity index (χ1n) is 5.25. The molecule has 0 spiro atoms. The van der Waals surface area contributed by atoms with Gasteiger partial charge in [-0.2, -0.15) is 0 Å². The van der Waals surface area contributed by atoms with Crippen LogP contribution in [0.4, 0.5) is 0 Å². The molecule has 0 aliphatic heterocycles. The molecule has 0 bridgehead atoms. The third-order valence-corrected chi connectivity index (χ3v) is 2.41. The van der Waals surface area contributed by atoms with E-state index in [9.17, 15) is 4.79 Å². The number of aliphatic carboxylic acids is 1. The average Bonchev–Trinajstić information content (AvgIpc) is 2.27. The van der Waals surface area contributed by atoms with Crippen molar-refractivity contribution in [1.82, 2.24) is 0 Å². The minimum Gasteiger partial charge on any atom is -0.481 e. The highest BCUT2D eigenvalue weighted by atomic mass is 35.5. The summed E-state index contributed by atoms with van der Waals surface area (Å²) in [4.78, 5) is 10.3. The Bertz CT molecular complexity index is 355. The van der Waals surface area contributed by atoms with Crippen molar-refractivity contribution in [2.75, 3.05) is 5.88 Å². The van der Waals surface area contributed by atoms with Crippen molar-refractivity contribution in [3.8, 4) is 0 Å². The number of carbonyl (C=O) groups is 1. The topological polar surface area (TPSA) is 37.3 Å². The number of hydrogen-bond donors (Lipinski definition) is 1. The molecule has 0 saturated heterocycles. The summed E-state index contributed by atoms with van der Waals surface area (Å²) in [5.41, 5.74) is 2.28. The smallest absolute Gasteiger partial charge is 0.303 e. The zero-order valence-corrected chi connectivity index (χ0v) is 9.78. The van der Waals surface area contributed by atoms with Gasteiger partial charge in [0.2, 0.25) is 0 Å². The van der Waals surface area contributed by atoms with Crippen LogP contribution in [0.2, 0.25) is 0 Å². The van der Waals surface area contributed by atoms with E-state index < -0.39 is 5.97 Å². The van der Waals surface area contributed by atoms with Crippen LogP contribution in [0, 0.1) is 0 Å². The van der Waals surface area contributed by atoms with Crippen LogP contribution in [0.3, 0.4) is 0 Å². The molecule has 0 aliphatic carbocycles. The molecule has 0 saturated carbocycles. The number of allylic oxidation sites excluding steroid dienone is 1. The van der Waals surface area contributed by atoms with Gasteiger partial charge in [0.15, 0.2) is 0 Å². The first kappa shape index (κ1) is 12.8. The van der Waals surface area contributed by atoms with Crippen LogP contribution in [0.25, 0.3) is 6.08 Å². The highest BCUT2D eigenvalue weighted by molar-refractivity contribution is 6.19. The third-order valence-electron chi connectivity index (χ3n) is 2.24. The second-order valence-corrected chi connectivity index (χ2v) is 3.85. The maximum absolute atomic E-state index is 10.3. The lowest BCUT2D eigenvalue weighted by Crippen LogP contribution is -1.95. The molecule has 86 valence electrons. The summed E-state index contributed by atoms with van der Waals surface area (Å²) in [7, 11) is 0. The van der Waals surface area contributed by atoms with Gasteiger partial charge in [-0.25, -0.2) is 0 Å². The summed E-state index contributed by atoms with van der Waals surface area (Å²) >= 11 is 5.54. The number of carboxylic acid groups (broad SMARTS) is 1. The zero-order valence-electron chi connectivity index (χ0n) is 9.03. The average molecular weight is 239 g/mol. The SMILES string of the molecule is O=C(O)CCCc1ccc(C=CCCl)cc1. The Hall–Kier alpha value is -1.28. The summed E-state index contributed by atoms with van der Waals surface area (Å²) in [5.74, 6) is -0.220. The minimum absolute atomic E-state index is 0.230. The number of alkyl halides is 1. The summed E-state index contributed by atoms with van der Waals surface area (Å²) in [6.07, 6.45) is 5.58. The Morgan fingerprint density at radius 3 is 2.56 bits per heavy atom. The predicted octanol–water partition coefficient (Wildman–Crippen LogP) is 3.35. The first-order valence-corrected chi connectivity index (χ1v) is 5.79. The molecule has 0 aliphatic rings. The van der Waals surface area contributed by atoms with E-state index in [4.69, 9.17) is 16.7 Å². The molecule has 3 heteroatoms. The molecule has 1 N–H and O–H groups in total. The van der Waals surface area contributed by atoms with Crippen molar-refractivity contribution in [2.45, 2.75) is 19.3 Å². The number of benzene rings is 1. The quantitative estimate of drug-likeness (QED) is 0.772. The second kappa shape index (κ2) is 7.07. The van der Waals surface area contributed by atoms with Crippen molar-refractivity contribution in [2.24, 2.45) is 0 Å². The van der Waals surface area contributed by atoms with Crippen LogP contribution in [-0.2, 0) is 11.2 Å². The van der Waals surface area contributed by atoms with Crippen molar-refractivity contribution in [3.63, 3.8) is 0 Å². The molecular weight excluding hydrogens is 224 g/mol. The maximum Gasteiger partial charge on any atom is 0.303 e. The number of rotatable bonds is 6. The Balaban J connectivity index is 2.45. The van der Waals surface area contributed by atoms with E-state index in [-0.39, 0.29) is 6.42 Å². The fraction of sp³-hybridized carbons (Fsp3) is 0.308. The Labute approximate surface area is 101 Å². The van der Waals surface area contributed by atoms with Gasteiger partial charge in [0.1, 0.15) is 0 Å². The van der Waals surface area contributed by atoms with E-state index in [1.165, 1.54) is 5.56 Å². The number of hydrogen-bond acceptors (Lipinski definition) is 1. The minimum atomic E-state index is -0.735. The van der Waals surface area contributed by atoms with Crippen molar-refractivity contribution < 1.29 is 9.90 Å². The van der Waals surface area contributed by atoms with Crippen LogP contribution in [-0.4, -0.2) is 17.0 Å². The molecule has 1 aromatic carbocycles. The second-order valence-electron chi connectivity index (χ2n) is 3.55. The predicted molar refractivity (Wildman–Crippen MR) is 66.8 cm³/mol. The highest BCUT2D eigenvalue weighted by Crippen LogP contribution is 2.09. The fourth-order valence-corrected chi connectivity index (χ4v) is 1.51. The van der Waals surface area contributed by atoms with E-state index in [0.717, 1.165) is 12.0 Å². The lowest BCUT2D eigenvalue weighted by molar-refractivity contribution is -0.137. The molecule has 0 radical (unpaired) electrons. The van der Waals surface area contributed by atoms with Gasteiger partial charge in [-0.05, 0) is 24.0 Å². The van der Waals surface area contributed by atoms with Gasteiger partial charge >= 0.3 is 5.97 Å². The lowest BCUT2D eigenvalue weighted by Gasteiger charge is -2.00. The van der Waals surface area contributed by atoms with Crippen molar-refractivity contribution >= 4 is 23.6 Å². The van der Waals surface area contributed by atoms with Gasteiger partial charge in [0.05, 0.1) is 0 Å². The van der Waals surface area contributed by atoms with Crippen LogP contribution < -0.4 is 0 Å². The van der Waals surface area contributed by atoms with E-state index in [1.54, 1.807) is 0 Å². The highest BCUT2D eigenvalue weighted by Gasteiger charge is 1.98. The fourth-order valence-electron chi connectivity index (χ4n) is 1.42. The molecule has 1 rings (SSSR count). The zero-order chi connectivity index (χ0) is 11.8. The third kappa shape index (κ3) is 4.99. The van der Waals surface area contributed by atoms with E-state index in [2.05, 4.69) is 0 Å². The molecule has 0 amide bonds. The standard InChI is InChI=1S/C13H15ClO2/c14-10-2-4-12-8-6-11(7-9-12)3-1-5-13(15)16/h2,4,6-9H,1,3,5,10H2,(H,15,16). The molecule has 0 fully saturated rings. The molecule has 0 atom stereocenters. The number of carboxylic acids is 1. The van der Waals surface area contributed by atoms with Crippen molar-refractivity contribution in [1.29, 1.82) is 0 Å². The van der Waals surface area contributed by atoms with Gasteiger partial charge in [-0.1, -0.05) is 36.4 Å². The van der Waals surface area contributed by atoms with Crippen LogP contribution in [0.15, 0.2) is 30.3 Å². The number of halogens is 1. The van der Waals surface area contributed by atoms with E-state index in [0.29, 0.717) is 12.3 Å². The molecular formula is C13H15ClO2. The summed E-state index contributed by atoms with van der Waals surface area (Å²) in [6, 6.07) is 8.07. The van der Waals surface area contributed by atoms with Gasteiger partial charge in [-0.15, -0.1) is 11.6 Å². The molecule has 0 aromatic heterocycles. The molecule has 16 heavy (non-hydrogen) atoms. The van der Waals surface area contributed by atoms with Crippen LogP contribution in [0.5, 0.6) is 0 Å². The normalized spacial score (nSPS) is 10.8. The summed E-state index contributed by atoms with van der Waals surface area (Å²) in [6.45, 7) is 0. The Kier molecular flexibility index (Phi) is 5.65. The van der Waals surface area contributed by atoms with Gasteiger partial charge in [0, 0.05) is 12.3 Å². The van der Waals surface area contributed by atoms with E-state index >= 15 is 0 Å². The molecule has 0 unspecified atom stereocenters. The lowest BCUT2D eigenvalue weighted by atomic mass is 10.1. The van der Waals surface area contributed by atoms with Gasteiger partial charge in [0.25, 0.3) is 0 Å². The molecule has 0 heterocycles. The molecule has 1 aromatic rings. The first-order chi connectivity index (χ1) is 7.72. The number of aryl methyl sites for hydroxylation is 1. The Morgan fingerprint density at radius 1 is 1.31 bits per heavy atom. The van der Waals surface area contributed by atoms with E-state index in [1.807, 2.05) is 36.4 Å². The van der Waals surface area contributed by atoms with Crippen molar-refractivity contribution in [3.05, 3.63) is 41.5 Å². The monoisotopic (exact) mass is 238 g/mol. The maximum atomic E-state index is 10.3. The van der Waals surface area contributed by atoms with Gasteiger partial charge in [-0.3, -0.25) is 4.79 Å². The largest absolute Gasteiger partial charge is 0.481 e. The Morgan fingerprint density at radius 2 is 2.00 bits per heavy atom. The summed E-state index contributed by atoms with van der Waals surface area (Å²) < 4.78 is 0. The van der Waals surface area contributed by atoms with Crippen LogP contribution >= 0.6 is 11.6 Å².